The van der Waals surface area contributed by atoms with Crippen LogP contribution in [0.3, 0.4) is 0 Å². The summed E-state index contributed by atoms with van der Waals surface area (Å²) in [5.41, 5.74) is 2.33. The van der Waals surface area contributed by atoms with Crippen LogP contribution >= 0.6 is 0 Å². The Hall–Kier alpha value is -3.12. The van der Waals surface area contributed by atoms with Gasteiger partial charge in [0.05, 0.1) is 30.4 Å². The Morgan fingerprint density at radius 2 is 1.71 bits per heavy atom. The van der Waals surface area contributed by atoms with Crippen LogP contribution in [0, 0.1) is 0 Å². The van der Waals surface area contributed by atoms with E-state index in [0.29, 0.717) is 30.9 Å². The molecule has 1 fully saturated rings. The van der Waals surface area contributed by atoms with Gasteiger partial charge in [0.15, 0.2) is 0 Å². The lowest BCUT2D eigenvalue weighted by Gasteiger charge is -2.26. The fraction of sp³-hybridized carbons (Fsp3) is 0.429. The van der Waals surface area contributed by atoms with Crippen LogP contribution in [0.15, 0.2) is 54.1 Å². The van der Waals surface area contributed by atoms with Gasteiger partial charge in [-0.05, 0) is 48.9 Å². The lowest BCUT2D eigenvalue weighted by Crippen LogP contribution is -2.31. The van der Waals surface area contributed by atoms with Crippen molar-refractivity contribution in [3.8, 4) is 5.75 Å². The molecule has 0 aliphatic carbocycles. The van der Waals surface area contributed by atoms with Crippen molar-refractivity contribution < 1.29 is 24.2 Å². The molecule has 1 unspecified atom stereocenters. The van der Waals surface area contributed by atoms with Gasteiger partial charge in [-0.15, -0.1) is 0 Å². The second kappa shape index (κ2) is 10.4. The number of amides is 1. The third-order valence-corrected chi connectivity index (χ3v) is 5.99. The molecule has 3 rings (SSSR count). The molecule has 6 heteroatoms. The van der Waals surface area contributed by atoms with Gasteiger partial charge in [0.25, 0.3) is 11.7 Å². The molecule has 0 spiro atoms. The van der Waals surface area contributed by atoms with Crippen LogP contribution in [0.25, 0.3) is 5.76 Å². The Bertz CT molecular complexity index is 1060. The number of ketones is 1. The van der Waals surface area contributed by atoms with E-state index in [0.717, 1.165) is 11.1 Å². The summed E-state index contributed by atoms with van der Waals surface area (Å²) >= 11 is 0. The fourth-order valence-corrected chi connectivity index (χ4v) is 4.16. The molecule has 1 amide bonds. The number of likely N-dealkylation sites (tertiary alicyclic amines) is 1. The summed E-state index contributed by atoms with van der Waals surface area (Å²) in [5, 5.41) is 11.3. The highest BCUT2D eigenvalue weighted by Crippen LogP contribution is 2.41. The molecule has 1 saturated heterocycles. The van der Waals surface area contributed by atoms with Crippen molar-refractivity contribution in [2.24, 2.45) is 0 Å². The predicted molar refractivity (Wildman–Crippen MR) is 133 cm³/mol. The quantitative estimate of drug-likeness (QED) is 0.250. The van der Waals surface area contributed by atoms with Gasteiger partial charge < -0.3 is 19.5 Å². The lowest BCUT2D eigenvalue weighted by molar-refractivity contribution is -0.140. The lowest BCUT2D eigenvalue weighted by atomic mass is 9.85. The van der Waals surface area contributed by atoms with Crippen LogP contribution in [0.2, 0.25) is 0 Å². The number of hydrogen-bond donors (Lipinski definition) is 1. The van der Waals surface area contributed by atoms with E-state index in [2.05, 4.69) is 20.8 Å². The molecule has 0 bridgehead atoms. The van der Waals surface area contributed by atoms with Gasteiger partial charge >= 0.3 is 0 Å². The number of carbonyl (C=O) groups excluding carboxylic acids is 2. The number of Topliss-reactive ketones (excluding diaryl/α,β-unsaturated/α-hetero) is 1. The zero-order chi connectivity index (χ0) is 25.0. The third-order valence-electron chi connectivity index (χ3n) is 5.99. The van der Waals surface area contributed by atoms with Crippen LogP contribution in [-0.4, -0.2) is 48.1 Å². The molecule has 182 valence electrons. The molecule has 0 saturated carbocycles. The van der Waals surface area contributed by atoms with Crippen molar-refractivity contribution in [3.05, 3.63) is 70.8 Å². The van der Waals surface area contributed by atoms with Crippen molar-refractivity contribution in [1.29, 1.82) is 0 Å². The Kier molecular flexibility index (Phi) is 7.82. The summed E-state index contributed by atoms with van der Waals surface area (Å²) in [6, 6.07) is 14.1. The van der Waals surface area contributed by atoms with Gasteiger partial charge in [-0.3, -0.25) is 9.59 Å². The molecule has 1 atom stereocenters. The number of aliphatic hydroxyl groups is 1. The first-order valence-electron chi connectivity index (χ1n) is 11.7. The van der Waals surface area contributed by atoms with Gasteiger partial charge in [0.2, 0.25) is 0 Å². The highest BCUT2D eigenvalue weighted by atomic mass is 16.5. The van der Waals surface area contributed by atoms with Gasteiger partial charge in [-0.25, -0.2) is 0 Å². The number of benzene rings is 2. The third kappa shape index (κ3) is 5.33. The average Bonchev–Trinajstić information content (AvgIpc) is 3.05. The fourth-order valence-electron chi connectivity index (χ4n) is 4.16. The summed E-state index contributed by atoms with van der Waals surface area (Å²) in [7, 11) is 1.50. The van der Waals surface area contributed by atoms with Crippen LogP contribution < -0.4 is 4.74 Å². The SMILES string of the molecule is COc1ccccc1/C(O)=C1/C(=O)C(=O)N(CCCOC(C)C)C1c1ccc(C(C)(C)C)cc1. The van der Waals surface area contributed by atoms with Gasteiger partial charge in [0.1, 0.15) is 11.5 Å². The smallest absolute Gasteiger partial charge is 0.295 e. The highest BCUT2D eigenvalue weighted by molar-refractivity contribution is 6.46. The molecule has 0 radical (unpaired) electrons. The van der Waals surface area contributed by atoms with Crippen LogP contribution in [0.1, 0.15) is 63.8 Å². The topological polar surface area (TPSA) is 76.1 Å². The number of methoxy groups -OCH3 is 1. The number of hydrogen-bond acceptors (Lipinski definition) is 5. The van der Waals surface area contributed by atoms with E-state index in [9.17, 15) is 14.7 Å². The molecule has 2 aromatic carbocycles. The number of aliphatic hydroxyl groups excluding tert-OH is 1. The molecular formula is C28H35NO5. The molecule has 1 N–H and O–H groups in total. The normalized spacial score (nSPS) is 18.1. The van der Waals surface area contributed by atoms with E-state index in [4.69, 9.17) is 9.47 Å². The van der Waals surface area contributed by atoms with E-state index in [1.54, 1.807) is 29.2 Å². The molecule has 1 aliphatic rings. The summed E-state index contributed by atoms with van der Waals surface area (Å²) in [6.45, 7) is 11.1. The predicted octanol–water partition coefficient (Wildman–Crippen LogP) is 5.23. The maximum absolute atomic E-state index is 13.2. The maximum atomic E-state index is 13.2. The van der Waals surface area contributed by atoms with E-state index in [1.165, 1.54) is 7.11 Å². The van der Waals surface area contributed by atoms with E-state index in [-0.39, 0.29) is 22.9 Å². The van der Waals surface area contributed by atoms with E-state index in [1.807, 2.05) is 38.1 Å². The van der Waals surface area contributed by atoms with E-state index >= 15 is 0 Å². The zero-order valence-corrected chi connectivity index (χ0v) is 20.9. The number of carbonyl (C=O) groups is 2. The summed E-state index contributed by atoms with van der Waals surface area (Å²) in [4.78, 5) is 27.8. The summed E-state index contributed by atoms with van der Waals surface area (Å²) in [6.07, 6.45) is 0.665. The minimum atomic E-state index is -0.696. The maximum Gasteiger partial charge on any atom is 0.295 e. The first-order chi connectivity index (χ1) is 16.1. The second-order valence-corrected chi connectivity index (χ2v) is 9.84. The van der Waals surface area contributed by atoms with Gasteiger partial charge in [0, 0.05) is 13.2 Å². The van der Waals surface area contributed by atoms with Crippen molar-refractivity contribution in [2.45, 2.75) is 58.6 Å². The van der Waals surface area contributed by atoms with Crippen molar-refractivity contribution in [1.82, 2.24) is 4.90 Å². The van der Waals surface area contributed by atoms with Gasteiger partial charge in [-0.1, -0.05) is 57.2 Å². The summed E-state index contributed by atoms with van der Waals surface area (Å²) in [5.74, 6) is -1.12. The van der Waals surface area contributed by atoms with E-state index < -0.39 is 17.7 Å². The molecule has 6 nitrogen and oxygen atoms in total. The standard InChI is InChI=1S/C28H35NO5/c1-18(2)34-17-9-16-29-24(19-12-14-20(15-13-19)28(3,4)5)23(26(31)27(29)32)25(30)21-10-7-8-11-22(21)33-6/h7-8,10-15,18,24,30H,9,16-17H2,1-6H3/b25-23-. The van der Waals surface area contributed by atoms with Crippen LogP contribution in [-0.2, 0) is 19.7 Å². The Morgan fingerprint density at radius 1 is 1.06 bits per heavy atom. The molecule has 34 heavy (non-hydrogen) atoms. The number of ether oxygens (including phenoxy) is 2. The minimum absolute atomic E-state index is 0.0358. The average molecular weight is 466 g/mol. The molecule has 1 aliphatic heterocycles. The summed E-state index contributed by atoms with van der Waals surface area (Å²) < 4.78 is 11.0. The Morgan fingerprint density at radius 3 is 2.29 bits per heavy atom. The van der Waals surface area contributed by atoms with Crippen LogP contribution in [0.4, 0.5) is 0 Å². The van der Waals surface area contributed by atoms with Crippen LogP contribution in [0.5, 0.6) is 5.75 Å². The number of rotatable bonds is 8. The second-order valence-electron chi connectivity index (χ2n) is 9.84. The molecule has 0 aromatic heterocycles. The Balaban J connectivity index is 2.09. The minimum Gasteiger partial charge on any atom is -0.507 e. The number of para-hydroxylation sites is 1. The van der Waals surface area contributed by atoms with Crippen molar-refractivity contribution in [2.75, 3.05) is 20.3 Å². The largest absolute Gasteiger partial charge is 0.507 e. The molecular weight excluding hydrogens is 430 g/mol. The van der Waals surface area contributed by atoms with Crippen molar-refractivity contribution >= 4 is 17.4 Å². The number of nitrogens with zero attached hydrogens (tertiary/aromatic N) is 1. The monoisotopic (exact) mass is 465 g/mol. The molecule has 1 heterocycles. The molecule has 2 aromatic rings. The Labute approximate surface area is 202 Å². The first-order valence-corrected chi connectivity index (χ1v) is 11.7. The zero-order valence-electron chi connectivity index (χ0n) is 20.9. The first kappa shape index (κ1) is 25.5. The van der Waals surface area contributed by atoms with Crippen molar-refractivity contribution in [3.63, 3.8) is 0 Å². The van der Waals surface area contributed by atoms with Gasteiger partial charge in [-0.2, -0.15) is 0 Å². The highest BCUT2D eigenvalue weighted by Gasteiger charge is 2.46.